The van der Waals surface area contributed by atoms with Crippen LogP contribution in [0, 0.1) is 0 Å². The molecule has 0 aliphatic carbocycles. The molecule has 0 fully saturated rings. The zero-order valence-corrected chi connectivity index (χ0v) is 6.36. The fourth-order valence-electron chi connectivity index (χ4n) is 0.318. The van der Waals surface area contributed by atoms with Crippen LogP contribution in [0.15, 0.2) is 0 Å². The Labute approximate surface area is 58.1 Å². The van der Waals surface area contributed by atoms with E-state index < -0.39 is 22.6 Å². The molecule has 0 aromatic carbocycles. The van der Waals surface area contributed by atoms with E-state index >= 15 is 0 Å². The minimum atomic E-state index is -3.75. The summed E-state index contributed by atoms with van der Waals surface area (Å²) in [6.07, 6.45) is -3.60. The van der Waals surface area contributed by atoms with Crippen LogP contribution in [0.25, 0.3) is 0 Å². The Morgan fingerprint density at radius 2 is 1.80 bits per heavy atom. The number of alkyl halides is 2. The molecule has 0 heterocycles. The summed E-state index contributed by atoms with van der Waals surface area (Å²) in [4.78, 5) is 0. The summed E-state index contributed by atoms with van der Waals surface area (Å²) in [7, 11) is -3.75. The summed E-state index contributed by atoms with van der Waals surface area (Å²) in [5.41, 5.74) is 0. The van der Waals surface area contributed by atoms with Gasteiger partial charge in [0.05, 0.1) is 6.26 Å². The molecule has 0 aromatic heterocycles. The number of hydrogen-bond donors (Lipinski definition) is 0. The molecule has 6 heteroatoms. The highest BCUT2D eigenvalue weighted by Crippen LogP contribution is 2.06. The van der Waals surface area contributed by atoms with Crippen LogP contribution in [0.2, 0.25) is 0 Å². The molecule has 0 aromatic rings. The Hall–Kier alpha value is -0.230. The molecule has 0 spiro atoms. The van der Waals surface area contributed by atoms with Gasteiger partial charge in [-0.2, -0.15) is 8.42 Å². The molecule has 0 N–H and O–H groups in total. The van der Waals surface area contributed by atoms with Crippen molar-refractivity contribution in [3.63, 3.8) is 0 Å². The molecule has 0 unspecified atom stereocenters. The quantitative estimate of drug-likeness (QED) is 0.589. The predicted octanol–water partition coefficient (Wildman–Crippen LogP) is 0.616. The largest absolute Gasteiger partial charge is 0.265 e. The van der Waals surface area contributed by atoms with Crippen molar-refractivity contribution < 1.29 is 21.4 Å². The molecule has 1 atom stereocenters. The van der Waals surface area contributed by atoms with Gasteiger partial charge in [-0.1, -0.05) is 0 Å². The van der Waals surface area contributed by atoms with Gasteiger partial charge in [0.1, 0.15) is 6.10 Å². The molecule has 0 radical (unpaired) electrons. The average molecular weight is 174 g/mol. The Balaban J connectivity index is 3.93. The molecular weight excluding hydrogens is 166 g/mol. The van der Waals surface area contributed by atoms with E-state index in [1.807, 2.05) is 0 Å². The van der Waals surface area contributed by atoms with Gasteiger partial charge < -0.3 is 0 Å². The second-order valence-corrected chi connectivity index (χ2v) is 3.44. The van der Waals surface area contributed by atoms with Crippen molar-refractivity contribution in [2.24, 2.45) is 0 Å². The fraction of sp³-hybridized carbons (Fsp3) is 1.00. The van der Waals surface area contributed by atoms with Gasteiger partial charge in [0.2, 0.25) is 0 Å². The maximum absolute atomic E-state index is 11.6. The van der Waals surface area contributed by atoms with Crippen LogP contribution in [0.5, 0.6) is 0 Å². The van der Waals surface area contributed by atoms with E-state index in [1.165, 1.54) is 0 Å². The van der Waals surface area contributed by atoms with E-state index in [4.69, 9.17) is 0 Å². The molecule has 0 saturated heterocycles. The monoisotopic (exact) mass is 174 g/mol. The van der Waals surface area contributed by atoms with Crippen LogP contribution in [0.1, 0.15) is 6.92 Å². The molecule has 10 heavy (non-hydrogen) atoms. The van der Waals surface area contributed by atoms with Crippen molar-refractivity contribution >= 4 is 10.1 Å². The number of halogens is 2. The van der Waals surface area contributed by atoms with Gasteiger partial charge >= 0.3 is 0 Å². The maximum atomic E-state index is 11.6. The average Bonchev–Trinajstić information content (AvgIpc) is 1.60. The van der Waals surface area contributed by atoms with Crippen LogP contribution in [0.3, 0.4) is 0 Å². The van der Waals surface area contributed by atoms with Gasteiger partial charge in [-0.25, -0.2) is 8.78 Å². The zero-order valence-electron chi connectivity index (χ0n) is 5.54. The third-order valence-electron chi connectivity index (χ3n) is 0.681. The summed E-state index contributed by atoms with van der Waals surface area (Å²) in [5.74, 6) is 0. The first-order chi connectivity index (χ1) is 4.33. The third-order valence-corrected chi connectivity index (χ3v) is 1.33. The van der Waals surface area contributed by atoms with Crippen molar-refractivity contribution in [3.05, 3.63) is 0 Å². The van der Waals surface area contributed by atoms with Crippen LogP contribution in [-0.2, 0) is 14.3 Å². The SMILES string of the molecule is C[C@@H](OS(C)(=O)=O)C(F)F. The smallest absolute Gasteiger partial charge is 0.261 e. The number of hydrogen-bond acceptors (Lipinski definition) is 3. The predicted molar refractivity (Wildman–Crippen MR) is 31.4 cm³/mol. The molecule has 0 rings (SSSR count). The van der Waals surface area contributed by atoms with Crippen LogP contribution in [0.4, 0.5) is 8.78 Å². The van der Waals surface area contributed by atoms with Crippen molar-refractivity contribution in [1.29, 1.82) is 0 Å². The molecule has 0 bridgehead atoms. The topological polar surface area (TPSA) is 43.4 Å². The second kappa shape index (κ2) is 3.25. The van der Waals surface area contributed by atoms with Gasteiger partial charge in [0.25, 0.3) is 16.5 Å². The van der Waals surface area contributed by atoms with E-state index in [0.29, 0.717) is 0 Å². The van der Waals surface area contributed by atoms with E-state index in [0.717, 1.165) is 13.2 Å². The van der Waals surface area contributed by atoms with E-state index in [2.05, 4.69) is 4.18 Å². The highest BCUT2D eigenvalue weighted by Gasteiger charge is 2.19. The zero-order chi connectivity index (χ0) is 8.36. The second-order valence-electron chi connectivity index (χ2n) is 1.84. The molecule has 3 nitrogen and oxygen atoms in total. The maximum Gasteiger partial charge on any atom is 0.265 e. The minimum Gasteiger partial charge on any atom is -0.261 e. The Kier molecular flexibility index (Phi) is 3.17. The molecule has 0 saturated carbocycles. The van der Waals surface area contributed by atoms with Gasteiger partial charge in [-0.15, -0.1) is 0 Å². The van der Waals surface area contributed by atoms with Crippen molar-refractivity contribution in [2.45, 2.75) is 19.5 Å². The number of rotatable bonds is 3. The Morgan fingerprint density at radius 3 is 1.90 bits per heavy atom. The Morgan fingerprint density at radius 1 is 1.40 bits per heavy atom. The summed E-state index contributed by atoms with van der Waals surface area (Å²) in [6.45, 7) is 0.992. The van der Waals surface area contributed by atoms with Crippen molar-refractivity contribution in [1.82, 2.24) is 0 Å². The molecule has 0 aliphatic rings. The first-order valence-corrected chi connectivity index (χ1v) is 4.31. The lowest BCUT2D eigenvalue weighted by Crippen LogP contribution is -2.21. The lowest BCUT2D eigenvalue weighted by Gasteiger charge is -2.08. The van der Waals surface area contributed by atoms with Crippen molar-refractivity contribution in [2.75, 3.05) is 6.26 Å². The highest BCUT2D eigenvalue weighted by molar-refractivity contribution is 7.86. The third kappa shape index (κ3) is 4.63. The van der Waals surface area contributed by atoms with E-state index in [-0.39, 0.29) is 0 Å². The fourth-order valence-corrected chi connectivity index (χ4v) is 0.953. The Bertz CT molecular complexity index is 187. The van der Waals surface area contributed by atoms with Crippen molar-refractivity contribution in [3.8, 4) is 0 Å². The van der Waals surface area contributed by atoms with Gasteiger partial charge in [-0.05, 0) is 6.92 Å². The molecule has 0 amide bonds. The van der Waals surface area contributed by atoms with Gasteiger partial charge in [0.15, 0.2) is 0 Å². The van der Waals surface area contributed by atoms with Crippen LogP contribution in [-0.4, -0.2) is 27.2 Å². The molecular formula is C4H8F2O3S. The normalized spacial score (nSPS) is 15.7. The van der Waals surface area contributed by atoms with Crippen LogP contribution < -0.4 is 0 Å². The summed E-state index contributed by atoms with van der Waals surface area (Å²) in [5, 5.41) is 0. The summed E-state index contributed by atoms with van der Waals surface area (Å²) < 4.78 is 47.4. The van der Waals surface area contributed by atoms with Crippen LogP contribution >= 0.6 is 0 Å². The first-order valence-electron chi connectivity index (χ1n) is 2.49. The first kappa shape index (κ1) is 9.77. The summed E-state index contributed by atoms with van der Waals surface area (Å²) in [6, 6.07) is 0. The van der Waals surface area contributed by atoms with E-state index in [1.54, 1.807) is 0 Å². The minimum absolute atomic E-state index is 0.728. The van der Waals surface area contributed by atoms with Gasteiger partial charge in [0, 0.05) is 0 Å². The molecule has 62 valence electrons. The summed E-state index contributed by atoms with van der Waals surface area (Å²) >= 11 is 0. The van der Waals surface area contributed by atoms with Gasteiger partial charge in [-0.3, -0.25) is 4.18 Å². The molecule has 0 aliphatic heterocycles. The lowest BCUT2D eigenvalue weighted by atomic mass is 10.4. The van der Waals surface area contributed by atoms with E-state index in [9.17, 15) is 17.2 Å². The lowest BCUT2D eigenvalue weighted by molar-refractivity contribution is 0.0267. The standard InChI is InChI=1S/C4H8F2O3S/c1-3(4(5)6)9-10(2,7)8/h3-4H,1-2H3/t3-/m1/s1. The highest BCUT2D eigenvalue weighted by atomic mass is 32.2.